The third kappa shape index (κ3) is 4.51. The Balaban J connectivity index is 1.70. The van der Waals surface area contributed by atoms with Gasteiger partial charge in [-0.25, -0.2) is 0 Å². The number of anilines is 1. The maximum atomic E-state index is 12.7. The fraction of sp³-hybridized carbons (Fsp3) is 0.250. The molecule has 128 valence electrons. The fourth-order valence-electron chi connectivity index (χ4n) is 2.67. The van der Waals surface area contributed by atoms with E-state index in [2.05, 4.69) is 41.5 Å². The lowest BCUT2D eigenvalue weighted by Crippen LogP contribution is -2.28. The van der Waals surface area contributed by atoms with Crippen molar-refractivity contribution in [2.24, 2.45) is 11.8 Å². The van der Waals surface area contributed by atoms with Crippen molar-refractivity contribution in [2.75, 3.05) is 5.32 Å². The molecule has 1 N–H and O–H groups in total. The minimum Gasteiger partial charge on any atom is -0.300 e. The summed E-state index contributed by atoms with van der Waals surface area (Å²) in [5, 5.41) is 12.6. The van der Waals surface area contributed by atoms with Crippen LogP contribution in [0, 0.1) is 11.8 Å². The van der Waals surface area contributed by atoms with Crippen LogP contribution in [0.4, 0.5) is 5.13 Å². The predicted molar refractivity (Wildman–Crippen MR) is 102 cm³/mol. The summed E-state index contributed by atoms with van der Waals surface area (Å²) < 4.78 is 0. The summed E-state index contributed by atoms with van der Waals surface area (Å²) in [6.07, 6.45) is 0.717. The molecule has 1 unspecified atom stereocenters. The first-order chi connectivity index (χ1) is 12.1. The highest BCUT2D eigenvalue weighted by molar-refractivity contribution is 7.18. The Kier molecular flexibility index (Phi) is 5.56. The summed E-state index contributed by atoms with van der Waals surface area (Å²) >= 11 is 1.40. The van der Waals surface area contributed by atoms with Gasteiger partial charge in [-0.1, -0.05) is 85.8 Å². The number of nitrogens with one attached hydrogen (secondary N) is 1. The van der Waals surface area contributed by atoms with Gasteiger partial charge < -0.3 is 5.32 Å². The molecule has 1 amide bonds. The van der Waals surface area contributed by atoms with Crippen LogP contribution in [0.25, 0.3) is 10.6 Å². The number of hydrogen-bond donors (Lipinski definition) is 1. The Morgan fingerprint density at radius 2 is 1.64 bits per heavy atom. The van der Waals surface area contributed by atoms with E-state index in [1.54, 1.807) is 0 Å². The van der Waals surface area contributed by atoms with Crippen LogP contribution in [0.2, 0.25) is 0 Å². The van der Waals surface area contributed by atoms with E-state index in [0.29, 0.717) is 11.6 Å². The minimum absolute atomic E-state index is 0.00499. The number of benzene rings is 2. The van der Waals surface area contributed by atoms with Crippen LogP contribution in [0.3, 0.4) is 0 Å². The Hall–Kier alpha value is -2.53. The first-order valence-electron chi connectivity index (χ1n) is 8.37. The topological polar surface area (TPSA) is 54.9 Å². The number of hydrogen-bond acceptors (Lipinski definition) is 4. The molecule has 1 heterocycles. The van der Waals surface area contributed by atoms with E-state index in [-0.39, 0.29) is 17.7 Å². The third-order valence-corrected chi connectivity index (χ3v) is 5.00. The molecule has 1 aromatic heterocycles. The van der Waals surface area contributed by atoms with Gasteiger partial charge in [-0.05, 0) is 17.9 Å². The first-order valence-corrected chi connectivity index (χ1v) is 9.19. The number of nitrogens with zero attached hydrogens (tertiary/aromatic N) is 2. The SMILES string of the molecule is CC(C)C(Cc1ccccc1)C(=O)Nc1nnc(-c2ccccc2)s1. The Bertz CT molecular complexity index is 815. The van der Waals surface area contributed by atoms with Crippen molar-refractivity contribution in [1.29, 1.82) is 0 Å². The van der Waals surface area contributed by atoms with Crippen LogP contribution < -0.4 is 5.32 Å². The normalized spacial score (nSPS) is 12.1. The molecule has 3 aromatic rings. The zero-order chi connectivity index (χ0) is 17.6. The van der Waals surface area contributed by atoms with Gasteiger partial charge in [0.25, 0.3) is 0 Å². The number of amides is 1. The van der Waals surface area contributed by atoms with Gasteiger partial charge in [-0.2, -0.15) is 0 Å². The molecule has 0 bridgehead atoms. The van der Waals surface area contributed by atoms with E-state index in [0.717, 1.165) is 10.6 Å². The molecule has 0 saturated carbocycles. The lowest BCUT2D eigenvalue weighted by atomic mass is 9.88. The average Bonchev–Trinajstić information content (AvgIpc) is 3.09. The lowest BCUT2D eigenvalue weighted by molar-refractivity contribution is -0.121. The van der Waals surface area contributed by atoms with Crippen molar-refractivity contribution in [1.82, 2.24) is 10.2 Å². The molecule has 25 heavy (non-hydrogen) atoms. The highest BCUT2D eigenvalue weighted by atomic mass is 32.1. The minimum atomic E-state index is -0.105. The second-order valence-electron chi connectivity index (χ2n) is 6.31. The molecule has 0 radical (unpaired) electrons. The monoisotopic (exact) mass is 351 g/mol. The van der Waals surface area contributed by atoms with Gasteiger partial charge in [0.15, 0.2) is 0 Å². The number of aromatic nitrogens is 2. The van der Waals surface area contributed by atoms with Crippen LogP contribution in [-0.4, -0.2) is 16.1 Å². The highest BCUT2D eigenvalue weighted by Crippen LogP contribution is 2.27. The molecular weight excluding hydrogens is 330 g/mol. The molecule has 0 saturated heterocycles. The van der Waals surface area contributed by atoms with Crippen molar-refractivity contribution >= 4 is 22.4 Å². The molecule has 0 spiro atoms. The fourth-order valence-corrected chi connectivity index (χ4v) is 3.42. The van der Waals surface area contributed by atoms with Crippen LogP contribution in [-0.2, 0) is 11.2 Å². The predicted octanol–water partition coefficient (Wildman–Crippen LogP) is 4.66. The van der Waals surface area contributed by atoms with Crippen LogP contribution in [0.5, 0.6) is 0 Å². The number of rotatable bonds is 6. The van der Waals surface area contributed by atoms with Crippen LogP contribution in [0.1, 0.15) is 19.4 Å². The second kappa shape index (κ2) is 8.03. The molecule has 4 nitrogen and oxygen atoms in total. The standard InChI is InChI=1S/C20H21N3OS/c1-14(2)17(13-15-9-5-3-6-10-15)18(24)21-20-23-22-19(25-20)16-11-7-4-8-12-16/h3-12,14,17H,13H2,1-2H3,(H,21,23,24). The molecule has 3 rings (SSSR count). The molecule has 0 aliphatic rings. The zero-order valence-corrected chi connectivity index (χ0v) is 15.2. The van der Waals surface area contributed by atoms with Gasteiger partial charge in [0.05, 0.1) is 0 Å². The van der Waals surface area contributed by atoms with Gasteiger partial charge in [0.2, 0.25) is 11.0 Å². The summed E-state index contributed by atoms with van der Waals surface area (Å²) in [4.78, 5) is 12.7. The van der Waals surface area contributed by atoms with E-state index in [4.69, 9.17) is 0 Å². The zero-order valence-electron chi connectivity index (χ0n) is 14.3. The van der Waals surface area contributed by atoms with Crippen molar-refractivity contribution in [3.63, 3.8) is 0 Å². The van der Waals surface area contributed by atoms with Crippen molar-refractivity contribution in [3.05, 3.63) is 66.2 Å². The van der Waals surface area contributed by atoms with Crippen molar-refractivity contribution in [3.8, 4) is 10.6 Å². The summed E-state index contributed by atoms with van der Waals surface area (Å²) in [6, 6.07) is 20.0. The van der Waals surface area contributed by atoms with E-state index in [9.17, 15) is 4.79 Å². The van der Waals surface area contributed by atoms with E-state index in [1.807, 2.05) is 48.5 Å². The van der Waals surface area contributed by atoms with Gasteiger partial charge in [-0.15, -0.1) is 10.2 Å². The third-order valence-electron chi connectivity index (χ3n) is 4.12. The molecule has 5 heteroatoms. The van der Waals surface area contributed by atoms with Crippen LogP contribution in [0.15, 0.2) is 60.7 Å². The molecule has 2 aromatic carbocycles. The summed E-state index contributed by atoms with van der Waals surface area (Å²) in [7, 11) is 0. The Morgan fingerprint density at radius 1 is 1.00 bits per heavy atom. The number of carbonyl (C=O) groups is 1. The molecule has 0 fully saturated rings. The lowest BCUT2D eigenvalue weighted by Gasteiger charge is -2.19. The van der Waals surface area contributed by atoms with Gasteiger partial charge in [0.1, 0.15) is 5.01 Å². The molecular formula is C20H21N3OS. The first kappa shape index (κ1) is 17.3. The van der Waals surface area contributed by atoms with E-state index >= 15 is 0 Å². The van der Waals surface area contributed by atoms with E-state index in [1.165, 1.54) is 16.9 Å². The van der Waals surface area contributed by atoms with E-state index < -0.39 is 0 Å². The molecule has 0 aliphatic carbocycles. The number of carbonyl (C=O) groups excluding carboxylic acids is 1. The summed E-state index contributed by atoms with van der Waals surface area (Å²) in [5.41, 5.74) is 2.17. The Morgan fingerprint density at radius 3 is 2.28 bits per heavy atom. The maximum Gasteiger partial charge on any atom is 0.229 e. The van der Waals surface area contributed by atoms with Crippen LogP contribution >= 0.6 is 11.3 Å². The van der Waals surface area contributed by atoms with Gasteiger partial charge >= 0.3 is 0 Å². The smallest absolute Gasteiger partial charge is 0.229 e. The maximum absolute atomic E-state index is 12.7. The second-order valence-corrected chi connectivity index (χ2v) is 7.29. The Labute approximate surface area is 151 Å². The molecule has 1 atom stereocenters. The van der Waals surface area contributed by atoms with Crippen molar-refractivity contribution < 1.29 is 4.79 Å². The van der Waals surface area contributed by atoms with Gasteiger partial charge in [-0.3, -0.25) is 4.79 Å². The summed E-state index contributed by atoms with van der Waals surface area (Å²) in [6.45, 7) is 4.14. The highest BCUT2D eigenvalue weighted by Gasteiger charge is 2.23. The quantitative estimate of drug-likeness (QED) is 0.703. The molecule has 0 aliphatic heterocycles. The average molecular weight is 351 g/mol. The summed E-state index contributed by atoms with van der Waals surface area (Å²) in [5.74, 6) is 0.128. The van der Waals surface area contributed by atoms with Gasteiger partial charge in [0, 0.05) is 11.5 Å². The van der Waals surface area contributed by atoms with Crippen molar-refractivity contribution in [2.45, 2.75) is 20.3 Å². The largest absolute Gasteiger partial charge is 0.300 e.